The predicted molar refractivity (Wildman–Crippen MR) is 117 cm³/mol. The number of sulfonamides is 2. The van der Waals surface area contributed by atoms with Crippen molar-refractivity contribution in [1.29, 1.82) is 0 Å². The van der Waals surface area contributed by atoms with Crippen LogP contribution < -0.4 is 14.6 Å². The van der Waals surface area contributed by atoms with Crippen LogP contribution in [0.2, 0.25) is 0 Å². The van der Waals surface area contributed by atoms with Crippen LogP contribution in [0, 0.1) is 24.2 Å². The first kappa shape index (κ1) is 24.4. The lowest BCUT2D eigenvalue weighted by molar-refractivity contribution is 0.0980. The van der Waals surface area contributed by atoms with Crippen LogP contribution >= 0.6 is 0 Å². The number of amides is 1. The molecule has 0 saturated heterocycles. The topological polar surface area (TPSA) is 133 Å². The van der Waals surface area contributed by atoms with Crippen LogP contribution in [-0.2, 0) is 20.0 Å². The van der Waals surface area contributed by atoms with Gasteiger partial charge in [-0.2, -0.15) is 0 Å². The molecular weight excluding hydrogens is 440 g/mol. The molecule has 3 N–H and O–H groups in total. The van der Waals surface area contributed by atoms with Crippen molar-refractivity contribution in [2.45, 2.75) is 37.5 Å². The summed E-state index contributed by atoms with van der Waals surface area (Å²) in [5.74, 6) is 5.47. The Morgan fingerprint density at radius 3 is 2.13 bits per heavy atom. The summed E-state index contributed by atoms with van der Waals surface area (Å²) in [4.78, 5) is 11.5. The minimum atomic E-state index is -4.52. The molecule has 0 aromatic heterocycles. The summed E-state index contributed by atoms with van der Waals surface area (Å²) < 4.78 is 56.2. The molecule has 0 radical (unpaired) electrons. The number of hydrogen-bond acceptors (Lipinski definition) is 6. The molecule has 0 aliphatic carbocycles. The zero-order valence-electron chi connectivity index (χ0n) is 17.8. The van der Waals surface area contributed by atoms with Gasteiger partial charge in [0.1, 0.15) is 15.5 Å². The highest BCUT2D eigenvalue weighted by Crippen LogP contribution is 2.27. The van der Waals surface area contributed by atoms with Crippen molar-refractivity contribution < 1.29 is 26.4 Å². The van der Waals surface area contributed by atoms with Gasteiger partial charge in [-0.3, -0.25) is 4.79 Å². The summed E-state index contributed by atoms with van der Waals surface area (Å²) in [5, 5.41) is 5.10. The molecule has 0 fully saturated rings. The van der Waals surface area contributed by atoms with Gasteiger partial charge in [0.15, 0.2) is 0 Å². The molecule has 2 rings (SSSR count). The Morgan fingerprint density at radius 1 is 1.03 bits per heavy atom. The summed E-state index contributed by atoms with van der Waals surface area (Å²) in [6, 6.07) is 7.74. The number of benzene rings is 2. The first-order chi connectivity index (χ1) is 14.2. The van der Waals surface area contributed by atoms with Crippen molar-refractivity contribution in [3.63, 3.8) is 0 Å². The molecule has 0 aliphatic heterocycles. The maximum absolute atomic E-state index is 12.7. The molecule has 0 saturated carbocycles. The Morgan fingerprint density at radius 2 is 1.61 bits per heavy atom. The second-order valence-electron chi connectivity index (χ2n) is 7.75. The van der Waals surface area contributed by atoms with Crippen molar-refractivity contribution in [2.75, 3.05) is 7.11 Å². The highest BCUT2D eigenvalue weighted by molar-refractivity contribution is 7.92. The van der Waals surface area contributed by atoms with E-state index in [0.29, 0.717) is 16.9 Å². The number of carbonyl (C=O) groups excluding carboxylic acids is 1. The van der Waals surface area contributed by atoms with E-state index in [0.717, 1.165) is 12.1 Å². The lowest BCUT2D eigenvalue weighted by Crippen LogP contribution is -2.32. The molecule has 2 aromatic rings. The van der Waals surface area contributed by atoms with Gasteiger partial charge in [-0.1, -0.05) is 24.0 Å². The Labute approximate surface area is 182 Å². The lowest BCUT2D eigenvalue weighted by Gasteiger charge is -2.14. The van der Waals surface area contributed by atoms with Crippen LogP contribution in [0.15, 0.2) is 46.2 Å². The molecule has 1 amide bonds. The standard InChI is InChI=1S/C21H24N2O6S2/c1-14-16(11-10-15(19(14)29-5)12-13-21(2,3)4)20(24)23-31(27,28)18-9-7-6-8-17(18)30(22,25)26/h6-11H,1-5H3,(H,23,24)(H2,22,25,26). The number of nitrogens with one attached hydrogen (secondary N) is 1. The molecule has 0 spiro atoms. The summed E-state index contributed by atoms with van der Waals surface area (Å²) in [7, 11) is -7.43. The first-order valence-corrected chi connectivity index (χ1v) is 12.1. The lowest BCUT2D eigenvalue weighted by atomic mass is 9.96. The molecule has 0 unspecified atom stereocenters. The maximum atomic E-state index is 12.7. The molecule has 10 heteroatoms. The number of hydrogen-bond donors (Lipinski definition) is 2. The smallest absolute Gasteiger partial charge is 0.265 e. The second kappa shape index (κ2) is 8.70. The van der Waals surface area contributed by atoms with Gasteiger partial charge in [0, 0.05) is 16.5 Å². The molecule has 0 bridgehead atoms. The fraction of sp³-hybridized carbons (Fsp3) is 0.286. The van der Waals surface area contributed by atoms with Crippen molar-refractivity contribution in [2.24, 2.45) is 10.6 Å². The maximum Gasteiger partial charge on any atom is 0.265 e. The molecule has 0 heterocycles. The molecule has 0 aliphatic rings. The van der Waals surface area contributed by atoms with Gasteiger partial charge in [0.2, 0.25) is 10.0 Å². The largest absolute Gasteiger partial charge is 0.495 e. The minimum Gasteiger partial charge on any atom is -0.495 e. The number of methoxy groups -OCH3 is 1. The molecule has 31 heavy (non-hydrogen) atoms. The Hall–Kier alpha value is -2.87. The summed E-state index contributed by atoms with van der Waals surface area (Å²) >= 11 is 0. The van der Waals surface area contributed by atoms with Gasteiger partial charge in [-0.05, 0) is 52.0 Å². The van der Waals surface area contributed by atoms with Crippen molar-refractivity contribution >= 4 is 26.0 Å². The third kappa shape index (κ3) is 5.85. The first-order valence-electron chi connectivity index (χ1n) is 9.07. The summed E-state index contributed by atoms with van der Waals surface area (Å²) in [5.41, 5.74) is 0.721. The van der Waals surface area contributed by atoms with E-state index in [1.54, 1.807) is 13.0 Å². The molecule has 2 aromatic carbocycles. The molecule has 0 atom stereocenters. The summed E-state index contributed by atoms with van der Waals surface area (Å²) in [6.45, 7) is 7.45. The van der Waals surface area contributed by atoms with E-state index in [1.165, 1.54) is 25.3 Å². The van der Waals surface area contributed by atoms with Crippen LogP contribution in [0.5, 0.6) is 5.75 Å². The van der Waals surface area contributed by atoms with Gasteiger partial charge in [-0.15, -0.1) is 0 Å². The van der Waals surface area contributed by atoms with Gasteiger partial charge < -0.3 is 4.74 Å². The average molecular weight is 465 g/mol. The molecule has 166 valence electrons. The van der Waals surface area contributed by atoms with Gasteiger partial charge in [0.05, 0.1) is 12.7 Å². The van der Waals surface area contributed by atoms with Crippen molar-refractivity contribution in [3.05, 3.63) is 53.1 Å². The number of primary sulfonamides is 1. The fourth-order valence-electron chi connectivity index (χ4n) is 2.69. The van der Waals surface area contributed by atoms with Crippen LogP contribution in [0.4, 0.5) is 0 Å². The van der Waals surface area contributed by atoms with Crippen LogP contribution in [0.3, 0.4) is 0 Å². The zero-order chi connectivity index (χ0) is 23.6. The predicted octanol–water partition coefficient (Wildman–Crippen LogP) is 2.17. The van der Waals surface area contributed by atoms with Crippen molar-refractivity contribution in [3.8, 4) is 17.6 Å². The van der Waals surface area contributed by atoms with E-state index in [1.807, 2.05) is 25.5 Å². The quantitative estimate of drug-likeness (QED) is 0.652. The van der Waals surface area contributed by atoms with E-state index >= 15 is 0 Å². The fourth-order valence-corrected chi connectivity index (χ4v) is 5.04. The SMILES string of the molecule is COc1c(C#CC(C)(C)C)ccc(C(=O)NS(=O)(=O)c2ccccc2S(N)(=O)=O)c1C. The normalized spacial score (nSPS) is 11.9. The van der Waals surface area contributed by atoms with Crippen LogP contribution in [-0.4, -0.2) is 29.9 Å². The average Bonchev–Trinajstić information content (AvgIpc) is 2.64. The Kier molecular flexibility index (Phi) is 6.85. The molecular formula is C21H24N2O6S2. The zero-order valence-corrected chi connectivity index (χ0v) is 19.4. The third-order valence-electron chi connectivity index (χ3n) is 4.10. The number of rotatable bonds is 5. The highest BCUT2D eigenvalue weighted by Gasteiger charge is 2.27. The van der Waals surface area contributed by atoms with Gasteiger partial charge in [0.25, 0.3) is 15.9 Å². The number of carbonyl (C=O) groups is 1. The third-order valence-corrected chi connectivity index (χ3v) is 6.59. The van der Waals surface area contributed by atoms with E-state index in [2.05, 4.69) is 11.8 Å². The second-order valence-corrected chi connectivity index (χ2v) is 10.9. The number of nitrogens with two attached hydrogens (primary N) is 1. The van der Waals surface area contributed by atoms with E-state index in [-0.39, 0.29) is 11.0 Å². The van der Waals surface area contributed by atoms with Crippen LogP contribution in [0.1, 0.15) is 42.3 Å². The monoisotopic (exact) mass is 464 g/mol. The highest BCUT2D eigenvalue weighted by atomic mass is 32.2. The number of ether oxygens (including phenoxy) is 1. The van der Waals surface area contributed by atoms with Gasteiger partial charge in [-0.25, -0.2) is 26.7 Å². The summed E-state index contributed by atoms with van der Waals surface area (Å²) in [6.07, 6.45) is 0. The molecule has 8 nitrogen and oxygen atoms in total. The van der Waals surface area contributed by atoms with E-state index in [9.17, 15) is 21.6 Å². The Balaban J connectivity index is 2.48. The minimum absolute atomic E-state index is 0.0369. The van der Waals surface area contributed by atoms with E-state index in [4.69, 9.17) is 9.88 Å². The van der Waals surface area contributed by atoms with Gasteiger partial charge >= 0.3 is 0 Å². The van der Waals surface area contributed by atoms with Crippen molar-refractivity contribution in [1.82, 2.24) is 4.72 Å². The van der Waals surface area contributed by atoms with Crippen LogP contribution in [0.25, 0.3) is 0 Å². The van der Waals surface area contributed by atoms with E-state index < -0.39 is 35.7 Å². The Bertz CT molecular complexity index is 1300.